The van der Waals surface area contributed by atoms with Crippen LogP contribution in [0.3, 0.4) is 0 Å². The first-order valence-corrected chi connectivity index (χ1v) is 2.76. The van der Waals surface area contributed by atoms with E-state index in [1.54, 1.807) is 11.1 Å². The second-order valence-electron chi connectivity index (χ2n) is 1.87. The van der Waals surface area contributed by atoms with Crippen molar-refractivity contribution in [3.8, 4) is 0 Å². The summed E-state index contributed by atoms with van der Waals surface area (Å²) in [6, 6.07) is 0. The lowest BCUT2D eigenvalue weighted by atomic mass is 10.4. The maximum absolute atomic E-state index is 10.7. The molecule has 6 N–H and O–H groups in total. The second-order valence-corrected chi connectivity index (χ2v) is 1.87. The molecule has 60 valence electrons. The van der Waals surface area contributed by atoms with Crippen molar-refractivity contribution in [3.05, 3.63) is 12.8 Å². The van der Waals surface area contributed by atoms with E-state index in [1.165, 1.54) is 0 Å². The molecular formula is C6H15N3O. The van der Waals surface area contributed by atoms with E-state index < -0.39 is 0 Å². The van der Waals surface area contributed by atoms with Crippen molar-refractivity contribution < 1.29 is 4.79 Å². The quantitative estimate of drug-likeness (QED) is 0.578. The van der Waals surface area contributed by atoms with Crippen LogP contribution < -0.4 is 12.3 Å². The van der Waals surface area contributed by atoms with Gasteiger partial charge in [-0.2, -0.15) is 0 Å². The van der Waals surface area contributed by atoms with Gasteiger partial charge in [-0.05, 0) is 12.6 Å². The lowest BCUT2D eigenvalue weighted by Crippen LogP contribution is -2.16. The smallest absolute Gasteiger partial charge is 0.226 e. The van der Waals surface area contributed by atoms with Gasteiger partial charge in [0.2, 0.25) is 5.91 Å². The molecule has 1 amide bonds. The molecule has 0 bridgehead atoms. The number of likely N-dealkylation sites (tertiary alicyclic amines) is 1. The van der Waals surface area contributed by atoms with Crippen LogP contribution in [0.5, 0.6) is 0 Å². The summed E-state index contributed by atoms with van der Waals surface area (Å²) < 4.78 is 0. The summed E-state index contributed by atoms with van der Waals surface area (Å²) >= 11 is 0. The third-order valence-corrected chi connectivity index (χ3v) is 1.33. The number of rotatable bonds is 1. The third kappa shape index (κ3) is 2.16. The van der Waals surface area contributed by atoms with Gasteiger partial charge in [0.1, 0.15) is 0 Å². The summed E-state index contributed by atoms with van der Waals surface area (Å²) in [5, 5.41) is 0. The Balaban J connectivity index is 0. The van der Waals surface area contributed by atoms with Crippen LogP contribution in [-0.4, -0.2) is 17.4 Å². The number of hydrogen-bond donors (Lipinski definition) is 2. The highest BCUT2D eigenvalue weighted by Gasteiger charge is 2.15. The van der Waals surface area contributed by atoms with Crippen LogP contribution in [0.2, 0.25) is 0 Å². The number of carbonyl (C=O) groups excluding carboxylic acids is 1. The number of amides is 1. The standard InChI is InChI=1S/C6H9NO.2H3N/c1-2-7-5-3-4-6(7)8;;/h2H,1,3-5H2;2*1H3. The van der Waals surface area contributed by atoms with Crippen molar-refractivity contribution >= 4 is 5.91 Å². The van der Waals surface area contributed by atoms with Crippen molar-refractivity contribution in [2.75, 3.05) is 6.54 Å². The maximum atomic E-state index is 10.7. The van der Waals surface area contributed by atoms with Crippen LogP contribution in [0.4, 0.5) is 0 Å². The maximum Gasteiger partial charge on any atom is 0.226 e. The monoisotopic (exact) mass is 145 g/mol. The van der Waals surface area contributed by atoms with Gasteiger partial charge in [0.25, 0.3) is 0 Å². The van der Waals surface area contributed by atoms with Crippen molar-refractivity contribution in [2.24, 2.45) is 0 Å². The largest absolute Gasteiger partial charge is 0.344 e. The molecule has 1 heterocycles. The summed E-state index contributed by atoms with van der Waals surface area (Å²) in [6.45, 7) is 4.36. The molecule has 0 atom stereocenters. The molecular weight excluding hydrogens is 130 g/mol. The lowest BCUT2D eigenvalue weighted by molar-refractivity contribution is -0.125. The minimum absolute atomic E-state index is 0. The van der Waals surface area contributed by atoms with Crippen molar-refractivity contribution in [1.29, 1.82) is 0 Å². The Morgan fingerprint density at radius 1 is 1.50 bits per heavy atom. The van der Waals surface area contributed by atoms with Gasteiger partial charge in [-0.3, -0.25) is 4.79 Å². The summed E-state index contributed by atoms with van der Waals surface area (Å²) in [4.78, 5) is 12.3. The Hall–Kier alpha value is -0.870. The Labute approximate surface area is 61.1 Å². The van der Waals surface area contributed by atoms with Crippen LogP contribution in [0, 0.1) is 0 Å². The SMILES string of the molecule is C=CN1CCCC1=O.N.N. The molecule has 1 fully saturated rings. The normalized spacial score (nSPS) is 15.6. The summed E-state index contributed by atoms with van der Waals surface area (Å²) in [5.74, 6) is 0.208. The van der Waals surface area contributed by atoms with E-state index in [0.29, 0.717) is 6.42 Å². The molecule has 1 aliphatic rings. The molecule has 10 heavy (non-hydrogen) atoms. The Kier molecular flexibility index (Phi) is 5.89. The fourth-order valence-corrected chi connectivity index (χ4v) is 0.862. The first kappa shape index (κ1) is 11.9. The van der Waals surface area contributed by atoms with Gasteiger partial charge in [0.15, 0.2) is 0 Å². The van der Waals surface area contributed by atoms with Gasteiger partial charge in [0, 0.05) is 13.0 Å². The van der Waals surface area contributed by atoms with Gasteiger partial charge in [-0.1, -0.05) is 6.58 Å². The highest BCUT2D eigenvalue weighted by molar-refractivity contribution is 5.78. The van der Waals surface area contributed by atoms with Gasteiger partial charge < -0.3 is 17.2 Å². The predicted octanol–water partition coefficient (Wildman–Crippen LogP) is 1.08. The Bertz CT molecular complexity index is 124. The molecule has 0 aromatic carbocycles. The molecule has 1 saturated heterocycles. The molecule has 0 aromatic rings. The summed E-state index contributed by atoms with van der Waals surface area (Å²) in [5.41, 5.74) is 0. The van der Waals surface area contributed by atoms with E-state index >= 15 is 0 Å². The van der Waals surface area contributed by atoms with E-state index in [2.05, 4.69) is 6.58 Å². The van der Waals surface area contributed by atoms with E-state index in [-0.39, 0.29) is 18.2 Å². The van der Waals surface area contributed by atoms with Crippen molar-refractivity contribution in [1.82, 2.24) is 17.2 Å². The lowest BCUT2D eigenvalue weighted by Gasteiger charge is -2.05. The molecule has 0 aliphatic carbocycles. The van der Waals surface area contributed by atoms with Crippen LogP contribution in [0.1, 0.15) is 12.8 Å². The highest BCUT2D eigenvalue weighted by Crippen LogP contribution is 2.08. The zero-order valence-electron chi connectivity index (χ0n) is 6.18. The molecule has 0 saturated carbocycles. The zero-order valence-corrected chi connectivity index (χ0v) is 6.18. The molecule has 1 rings (SSSR count). The van der Waals surface area contributed by atoms with Crippen LogP contribution in [0.15, 0.2) is 12.8 Å². The van der Waals surface area contributed by atoms with E-state index in [4.69, 9.17) is 0 Å². The van der Waals surface area contributed by atoms with E-state index in [9.17, 15) is 4.79 Å². The van der Waals surface area contributed by atoms with Crippen molar-refractivity contribution in [3.63, 3.8) is 0 Å². The average molecular weight is 145 g/mol. The molecule has 0 unspecified atom stereocenters. The predicted molar refractivity (Wildman–Crippen MR) is 41.2 cm³/mol. The minimum atomic E-state index is 0. The van der Waals surface area contributed by atoms with Crippen molar-refractivity contribution in [2.45, 2.75) is 12.8 Å². The van der Waals surface area contributed by atoms with Gasteiger partial charge in [-0.15, -0.1) is 0 Å². The fourth-order valence-electron chi connectivity index (χ4n) is 0.862. The Morgan fingerprint density at radius 2 is 2.10 bits per heavy atom. The minimum Gasteiger partial charge on any atom is -0.344 e. The van der Waals surface area contributed by atoms with Crippen LogP contribution in [-0.2, 0) is 4.79 Å². The first-order chi connectivity index (χ1) is 3.84. The second kappa shape index (κ2) is 4.96. The van der Waals surface area contributed by atoms with Gasteiger partial charge >= 0.3 is 0 Å². The van der Waals surface area contributed by atoms with Gasteiger partial charge in [0.05, 0.1) is 0 Å². The Morgan fingerprint density at radius 3 is 2.30 bits per heavy atom. The van der Waals surface area contributed by atoms with E-state index in [0.717, 1.165) is 13.0 Å². The average Bonchev–Trinajstić information content (AvgIpc) is 2.14. The molecule has 4 heteroatoms. The topological polar surface area (TPSA) is 90.3 Å². The highest BCUT2D eigenvalue weighted by atomic mass is 16.2. The molecule has 0 aromatic heterocycles. The van der Waals surface area contributed by atoms with Gasteiger partial charge in [-0.25, -0.2) is 0 Å². The third-order valence-electron chi connectivity index (χ3n) is 1.33. The summed E-state index contributed by atoms with van der Waals surface area (Å²) in [7, 11) is 0. The zero-order chi connectivity index (χ0) is 5.98. The summed E-state index contributed by atoms with van der Waals surface area (Å²) in [6.07, 6.45) is 3.28. The number of hydrogen-bond acceptors (Lipinski definition) is 3. The van der Waals surface area contributed by atoms with E-state index in [1.807, 2.05) is 0 Å². The van der Waals surface area contributed by atoms with Crippen LogP contribution >= 0.6 is 0 Å². The number of nitrogens with zero attached hydrogens (tertiary/aromatic N) is 1. The fraction of sp³-hybridized carbons (Fsp3) is 0.500. The first-order valence-electron chi connectivity index (χ1n) is 2.76. The molecule has 0 radical (unpaired) electrons. The number of carbonyl (C=O) groups is 1. The van der Waals surface area contributed by atoms with Crippen LogP contribution in [0.25, 0.3) is 0 Å². The molecule has 1 aliphatic heterocycles. The molecule has 4 nitrogen and oxygen atoms in total. The molecule has 0 spiro atoms.